The second-order valence-corrected chi connectivity index (χ2v) is 6.96. The van der Waals surface area contributed by atoms with Crippen LogP contribution in [-0.4, -0.2) is 37.7 Å². The first-order chi connectivity index (χ1) is 10.3. The van der Waals surface area contributed by atoms with Crippen molar-refractivity contribution in [2.45, 2.75) is 4.90 Å². The summed E-state index contributed by atoms with van der Waals surface area (Å²) >= 11 is 0. The van der Waals surface area contributed by atoms with Crippen molar-refractivity contribution < 1.29 is 17.9 Å². The van der Waals surface area contributed by atoms with E-state index in [0.717, 1.165) is 6.26 Å². The number of carbonyl (C=O) groups is 1. The number of esters is 1. The summed E-state index contributed by atoms with van der Waals surface area (Å²) in [6.07, 6.45) is 2.40. The van der Waals surface area contributed by atoms with Crippen LogP contribution in [0.3, 0.4) is 0 Å². The average Bonchev–Trinajstić information content (AvgIpc) is 2.83. The van der Waals surface area contributed by atoms with Crippen molar-refractivity contribution >= 4 is 43.4 Å². The first-order valence-corrected chi connectivity index (χ1v) is 8.19. The van der Waals surface area contributed by atoms with Gasteiger partial charge in [-0.2, -0.15) is 0 Å². The fraction of sp³-hybridized carbons (Fsp3) is 0.143. The molecule has 0 saturated carbocycles. The fourth-order valence-electron chi connectivity index (χ4n) is 2.37. The minimum atomic E-state index is -3.37. The summed E-state index contributed by atoms with van der Waals surface area (Å²) in [6.45, 7) is 0. The van der Waals surface area contributed by atoms with Gasteiger partial charge in [-0.25, -0.2) is 18.2 Å². The number of nitrogens with two attached hydrogens (primary N) is 1. The number of ether oxygens (including phenoxy) is 1. The molecule has 0 bridgehead atoms. The number of aromatic amines is 1. The average molecular weight is 319 g/mol. The van der Waals surface area contributed by atoms with Gasteiger partial charge in [0.05, 0.1) is 23.1 Å². The van der Waals surface area contributed by atoms with Crippen molar-refractivity contribution in [2.75, 3.05) is 19.1 Å². The van der Waals surface area contributed by atoms with Crippen LogP contribution in [0, 0.1) is 0 Å². The Morgan fingerprint density at radius 3 is 2.68 bits per heavy atom. The summed E-state index contributed by atoms with van der Waals surface area (Å²) < 4.78 is 28.0. The highest BCUT2D eigenvalue weighted by atomic mass is 32.2. The molecule has 0 aliphatic heterocycles. The van der Waals surface area contributed by atoms with E-state index in [1.807, 2.05) is 0 Å². The lowest BCUT2D eigenvalue weighted by molar-refractivity contribution is 0.0601. The number of anilines is 1. The Morgan fingerprint density at radius 1 is 1.32 bits per heavy atom. The monoisotopic (exact) mass is 319 g/mol. The quantitative estimate of drug-likeness (QED) is 0.546. The van der Waals surface area contributed by atoms with Gasteiger partial charge in [0.2, 0.25) is 0 Å². The molecule has 1 aromatic carbocycles. The van der Waals surface area contributed by atoms with Crippen molar-refractivity contribution in [3.05, 3.63) is 30.0 Å². The standard InChI is InChI=1S/C14H13N3O4S/c1-21-14(18)7-3-10(15)12-9-5-8(22(2,19)20)6-16-13(9)17-11(12)4-7/h3-6H,15H2,1-2H3,(H,16,17). The number of aromatic nitrogens is 2. The van der Waals surface area contributed by atoms with Gasteiger partial charge in [0.25, 0.3) is 0 Å². The number of methoxy groups -OCH3 is 1. The molecule has 0 unspecified atom stereocenters. The van der Waals surface area contributed by atoms with Crippen LogP contribution >= 0.6 is 0 Å². The van der Waals surface area contributed by atoms with E-state index in [0.29, 0.717) is 33.2 Å². The molecule has 0 amide bonds. The molecule has 3 N–H and O–H groups in total. The highest BCUT2D eigenvalue weighted by molar-refractivity contribution is 7.90. The molecule has 3 rings (SSSR count). The zero-order valence-electron chi connectivity index (χ0n) is 11.9. The SMILES string of the molecule is COC(=O)c1cc(N)c2c(c1)[nH]c1ncc(S(C)(=O)=O)cc12. The minimum absolute atomic E-state index is 0.109. The van der Waals surface area contributed by atoms with Crippen LogP contribution in [0.1, 0.15) is 10.4 Å². The number of benzene rings is 1. The molecule has 3 aromatic rings. The molecule has 0 aliphatic carbocycles. The van der Waals surface area contributed by atoms with Crippen LogP contribution in [0.5, 0.6) is 0 Å². The zero-order chi connectivity index (χ0) is 16.1. The van der Waals surface area contributed by atoms with Gasteiger partial charge in [0.1, 0.15) is 5.65 Å². The lowest BCUT2D eigenvalue weighted by Crippen LogP contribution is -2.02. The normalized spacial score (nSPS) is 11.9. The summed E-state index contributed by atoms with van der Waals surface area (Å²) in [5, 5.41) is 1.22. The second-order valence-electron chi connectivity index (χ2n) is 4.94. The number of H-pyrrole nitrogens is 1. The number of nitrogen functional groups attached to an aromatic ring is 1. The van der Waals surface area contributed by atoms with Gasteiger partial charge in [-0.3, -0.25) is 0 Å². The Morgan fingerprint density at radius 2 is 2.05 bits per heavy atom. The maximum absolute atomic E-state index is 11.7. The Balaban J connectivity index is 2.36. The number of fused-ring (bicyclic) bond motifs is 3. The lowest BCUT2D eigenvalue weighted by Gasteiger charge is -2.03. The molecule has 0 radical (unpaired) electrons. The van der Waals surface area contributed by atoms with E-state index in [1.165, 1.54) is 25.4 Å². The van der Waals surface area contributed by atoms with E-state index >= 15 is 0 Å². The van der Waals surface area contributed by atoms with Crippen LogP contribution in [0.15, 0.2) is 29.3 Å². The van der Waals surface area contributed by atoms with Gasteiger partial charge >= 0.3 is 5.97 Å². The number of nitrogens with one attached hydrogen (secondary N) is 1. The van der Waals surface area contributed by atoms with E-state index in [4.69, 9.17) is 5.73 Å². The maximum atomic E-state index is 11.7. The van der Waals surface area contributed by atoms with Crippen LogP contribution < -0.4 is 5.73 Å². The Labute approximate surface area is 126 Å². The number of hydrogen-bond donors (Lipinski definition) is 2. The Kier molecular flexibility index (Phi) is 3.06. The summed E-state index contributed by atoms with van der Waals surface area (Å²) in [7, 11) is -2.08. The van der Waals surface area contributed by atoms with Crippen LogP contribution in [0.25, 0.3) is 21.9 Å². The molecule has 2 aromatic heterocycles. The van der Waals surface area contributed by atoms with E-state index in [9.17, 15) is 13.2 Å². The smallest absolute Gasteiger partial charge is 0.337 e. The zero-order valence-corrected chi connectivity index (χ0v) is 12.7. The molecular formula is C14H13N3O4S. The molecule has 2 heterocycles. The van der Waals surface area contributed by atoms with E-state index in [-0.39, 0.29) is 4.90 Å². The van der Waals surface area contributed by atoms with E-state index in [2.05, 4.69) is 14.7 Å². The topological polar surface area (TPSA) is 115 Å². The van der Waals surface area contributed by atoms with Crippen molar-refractivity contribution in [1.29, 1.82) is 0 Å². The summed E-state index contributed by atoms with van der Waals surface area (Å²) in [4.78, 5) is 18.9. The third-order valence-electron chi connectivity index (χ3n) is 3.40. The molecule has 7 nitrogen and oxygen atoms in total. The highest BCUT2D eigenvalue weighted by Gasteiger charge is 2.16. The number of hydrogen-bond acceptors (Lipinski definition) is 6. The van der Waals surface area contributed by atoms with Crippen molar-refractivity contribution in [3.8, 4) is 0 Å². The summed E-state index contributed by atoms with van der Waals surface area (Å²) in [5.74, 6) is -0.503. The number of carbonyl (C=O) groups excluding carboxylic acids is 1. The maximum Gasteiger partial charge on any atom is 0.337 e. The number of nitrogens with zero attached hydrogens (tertiary/aromatic N) is 1. The van der Waals surface area contributed by atoms with Crippen LogP contribution in [0.2, 0.25) is 0 Å². The third-order valence-corrected chi connectivity index (χ3v) is 4.48. The van der Waals surface area contributed by atoms with Gasteiger partial charge in [-0.05, 0) is 18.2 Å². The van der Waals surface area contributed by atoms with E-state index in [1.54, 1.807) is 6.07 Å². The fourth-order valence-corrected chi connectivity index (χ4v) is 2.94. The van der Waals surface area contributed by atoms with Crippen molar-refractivity contribution in [2.24, 2.45) is 0 Å². The summed E-state index contributed by atoms with van der Waals surface area (Å²) in [6, 6.07) is 4.61. The largest absolute Gasteiger partial charge is 0.465 e. The van der Waals surface area contributed by atoms with Gasteiger partial charge < -0.3 is 15.5 Å². The molecule has 22 heavy (non-hydrogen) atoms. The molecule has 0 fully saturated rings. The molecule has 114 valence electrons. The predicted octanol–water partition coefficient (Wildman–Crippen LogP) is 1.49. The Hall–Kier alpha value is -2.61. The van der Waals surface area contributed by atoms with Crippen LogP contribution in [-0.2, 0) is 14.6 Å². The van der Waals surface area contributed by atoms with Gasteiger partial charge in [-0.15, -0.1) is 0 Å². The van der Waals surface area contributed by atoms with E-state index < -0.39 is 15.8 Å². The van der Waals surface area contributed by atoms with Gasteiger partial charge in [-0.1, -0.05) is 0 Å². The van der Waals surface area contributed by atoms with Gasteiger partial charge in [0.15, 0.2) is 9.84 Å². The van der Waals surface area contributed by atoms with Crippen molar-refractivity contribution in [3.63, 3.8) is 0 Å². The molecule has 0 atom stereocenters. The number of sulfone groups is 1. The molecular weight excluding hydrogens is 306 g/mol. The lowest BCUT2D eigenvalue weighted by atomic mass is 10.1. The van der Waals surface area contributed by atoms with Crippen molar-refractivity contribution in [1.82, 2.24) is 9.97 Å². The first-order valence-electron chi connectivity index (χ1n) is 6.30. The van der Waals surface area contributed by atoms with Gasteiger partial charge in [0, 0.05) is 28.9 Å². The third kappa shape index (κ3) is 2.17. The molecule has 0 aliphatic rings. The minimum Gasteiger partial charge on any atom is -0.465 e. The number of rotatable bonds is 2. The summed E-state index contributed by atoms with van der Waals surface area (Å²) in [5.41, 5.74) is 7.75. The molecule has 8 heteroatoms. The molecule has 0 saturated heterocycles. The van der Waals surface area contributed by atoms with Crippen LogP contribution in [0.4, 0.5) is 5.69 Å². The molecule has 0 spiro atoms. The predicted molar refractivity (Wildman–Crippen MR) is 82.5 cm³/mol. The second kappa shape index (κ2) is 4.70. The first kappa shape index (κ1) is 14.3. The highest BCUT2D eigenvalue weighted by Crippen LogP contribution is 2.31. The number of pyridine rings is 1. The Bertz CT molecular complexity index is 1020.